The summed E-state index contributed by atoms with van der Waals surface area (Å²) in [7, 11) is 0. The van der Waals surface area contributed by atoms with Crippen LogP contribution >= 0.6 is 0 Å². The molecule has 1 saturated heterocycles. The Morgan fingerprint density at radius 2 is 1.73 bits per heavy atom. The first-order valence-electron chi connectivity index (χ1n) is 11.7. The average Bonchev–Trinajstić information content (AvgIpc) is 2.82. The number of aromatic nitrogens is 2. The van der Waals surface area contributed by atoms with Crippen LogP contribution in [0.3, 0.4) is 0 Å². The third-order valence-electron chi connectivity index (χ3n) is 6.16. The van der Waals surface area contributed by atoms with Crippen molar-refractivity contribution in [2.45, 2.75) is 33.7 Å². The number of piperazine rings is 1. The predicted molar refractivity (Wildman–Crippen MR) is 133 cm³/mol. The number of nitrogens with one attached hydrogen (secondary N) is 1. The molecule has 2 aromatic carbocycles. The van der Waals surface area contributed by atoms with E-state index in [-0.39, 0.29) is 11.6 Å². The van der Waals surface area contributed by atoms with Crippen LogP contribution in [0.4, 0.5) is 10.6 Å². The largest absolute Gasteiger partial charge is 0.348 e. The highest BCUT2D eigenvalue weighted by Crippen LogP contribution is 2.17. The van der Waals surface area contributed by atoms with E-state index in [9.17, 15) is 9.59 Å². The van der Waals surface area contributed by atoms with Gasteiger partial charge >= 0.3 is 6.03 Å². The van der Waals surface area contributed by atoms with Crippen molar-refractivity contribution in [3.8, 4) is 0 Å². The Morgan fingerprint density at radius 1 is 1.03 bits per heavy atom. The summed E-state index contributed by atoms with van der Waals surface area (Å²) < 4.78 is 1.81. The lowest BCUT2D eigenvalue weighted by Crippen LogP contribution is -2.53. The minimum absolute atomic E-state index is 0.0291. The molecule has 3 aromatic rings. The van der Waals surface area contributed by atoms with Gasteiger partial charge in [-0.1, -0.05) is 55.8 Å². The summed E-state index contributed by atoms with van der Waals surface area (Å²) in [5.74, 6) is 1.02. The molecule has 1 aliphatic heterocycles. The molecular formula is C26H33N5O2. The number of benzene rings is 2. The van der Waals surface area contributed by atoms with Gasteiger partial charge in [-0.05, 0) is 37.0 Å². The lowest BCUT2D eigenvalue weighted by Gasteiger charge is -2.35. The molecule has 1 N–H and O–H groups in total. The number of amides is 2. The molecule has 1 fully saturated rings. The van der Waals surface area contributed by atoms with Crippen molar-refractivity contribution in [1.82, 2.24) is 19.8 Å². The van der Waals surface area contributed by atoms with Crippen LogP contribution in [0.15, 0.2) is 53.3 Å². The molecule has 7 heteroatoms. The maximum atomic E-state index is 13.5. The zero-order valence-corrected chi connectivity index (χ0v) is 19.8. The fourth-order valence-electron chi connectivity index (χ4n) is 4.12. The topological polar surface area (TPSA) is 70.5 Å². The van der Waals surface area contributed by atoms with Gasteiger partial charge in [0.2, 0.25) is 0 Å². The van der Waals surface area contributed by atoms with E-state index in [1.807, 2.05) is 38.6 Å². The summed E-state index contributed by atoms with van der Waals surface area (Å²) >= 11 is 0. The van der Waals surface area contributed by atoms with Crippen molar-refractivity contribution in [3.63, 3.8) is 0 Å². The number of urea groups is 1. The smallest absolute Gasteiger partial charge is 0.317 e. The summed E-state index contributed by atoms with van der Waals surface area (Å²) in [6.45, 7) is 9.84. The number of rotatable bonds is 6. The summed E-state index contributed by atoms with van der Waals surface area (Å²) in [5.41, 5.74) is 3.80. The lowest BCUT2D eigenvalue weighted by atomic mass is 10.1. The molecule has 2 amide bonds. The Hall–Kier alpha value is -3.35. The molecule has 0 aliphatic carbocycles. The Bertz CT molecular complexity index is 1160. The maximum absolute atomic E-state index is 13.5. The summed E-state index contributed by atoms with van der Waals surface area (Å²) in [6.07, 6.45) is 0.966. The molecule has 0 spiro atoms. The second-order valence-corrected chi connectivity index (χ2v) is 9.19. The summed E-state index contributed by atoms with van der Waals surface area (Å²) in [4.78, 5) is 34.6. The van der Waals surface area contributed by atoms with E-state index in [4.69, 9.17) is 4.98 Å². The van der Waals surface area contributed by atoms with Crippen LogP contribution in [0.1, 0.15) is 31.4 Å². The van der Waals surface area contributed by atoms with Crippen LogP contribution in [0.2, 0.25) is 0 Å². The van der Waals surface area contributed by atoms with Gasteiger partial charge in [-0.2, -0.15) is 0 Å². The highest BCUT2D eigenvalue weighted by atomic mass is 16.2. The SMILES string of the molecule is Cc1ccc(Cn2c(=O)c(N3CCN(C(=O)NCCC(C)C)CC3)nc3ccccc32)cc1. The molecule has 174 valence electrons. The number of fused-ring (bicyclic) bond motifs is 1. The summed E-state index contributed by atoms with van der Waals surface area (Å²) in [5, 5.41) is 3.00. The monoisotopic (exact) mass is 447 g/mol. The van der Waals surface area contributed by atoms with Gasteiger partial charge in [0.15, 0.2) is 5.82 Å². The van der Waals surface area contributed by atoms with Crippen molar-refractivity contribution < 1.29 is 4.79 Å². The number of para-hydroxylation sites is 2. The van der Waals surface area contributed by atoms with E-state index in [0.717, 1.165) is 23.0 Å². The van der Waals surface area contributed by atoms with Crippen molar-refractivity contribution in [1.29, 1.82) is 0 Å². The number of hydrogen-bond acceptors (Lipinski definition) is 4. The predicted octanol–water partition coefficient (Wildman–Crippen LogP) is 3.63. The standard InChI is InChI=1S/C26H33N5O2/c1-19(2)12-13-27-26(33)30-16-14-29(15-17-30)24-25(32)31(18-21-10-8-20(3)9-11-21)23-7-5-4-6-22(23)28-24/h4-11,19H,12-18H2,1-3H3,(H,27,33). The molecule has 0 radical (unpaired) electrons. The maximum Gasteiger partial charge on any atom is 0.317 e. The van der Waals surface area contributed by atoms with Crippen molar-refractivity contribution >= 4 is 22.9 Å². The fraction of sp³-hybridized carbons (Fsp3) is 0.423. The zero-order valence-electron chi connectivity index (χ0n) is 19.8. The van der Waals surface area contributed by atoms with Crippen LogP contribution < -0.4 is 15.8 Å². The third kappa shape index (κ3) is 5.35. The molecule has 0 atom stereocenters. The first kappa shape index (κ1) is 22.8. The molecule has 0 unspecified atom stereocenters. The Morgan fingerprint density at radius 3 is 2.42 bits per heavy atom. The Balaban J connectivity index is 1.54. The molecule has 33 heavy (non-hydrogen) atoms. The molecular weight excluding hydrogens is 414 g/mol. The van der Waals surface area contributed by atoms with E-state index >= 15 is 0 Å². The molecule has 1 aromatic heterocycles. The van der Waals surface area contributed by atoms with Crippen LogP contribution in [0.5, 0.6) is 0 Å². The van der Waals surface area contributed by atoms with Gasteiger partial charge in [-0.15, -0.1) is 0 Å². The van der Waals surface area contributed by atoms with Gasteiger partial charge < -0.3 is 15.1 Å². The molecule has 4 rings (SSSR count). The van der Waals surface area contributed by atoms with E-state index < -0.39 is 0 Å². The first-order chi connectivity index (χ1) is 15.9. The number of carbonyl (C=O) groups excluding carboxylic acids is 1. The lowest BCUT2D eigenvalue weighted by molar-refractivity contribution is 0.193. The van der Waals surface area contributed by atoms with Gasteiger partial charge in [-0.3, -0.25) is 9.36 Å². The van der Waals surface area contributed by atoms with E-state index in [1.54, 1.807) is 0 Å². The fourth-order valence-corrected chi connectivity index (χ4v) is 4.12. The van der Waals surface area contributed by atoms with Crippen molar-refractivity contribution in [2.24, 2.45) is 5.92 Å². The minimum Gasteiger partial charge on any atom is -0.348 e. The highest BCUT2D eigenvalue weighted by molar-refractivity contribution is 5.77. The number of nitrogens with zero attached hydrogens (tertiary/aromatic N) is 4. The number of anilines is 1. The number of aryl methyl sites for hydroxylation is 1. The number of carbonyl (C=O) groups is 1. The van der Waals surface area contributed by atoms with Gasteiger partial charge in [0.1, 0.15) is 0 Å². The van der Waals surface area contributed by atoms with Gasteiger partial charge in [0.25, 0.3) is 5.56 Å². The normalized spacial score (nSPS) is 14.2. The first-order valence-corrected chi connectivity index (χ1v) is 11.7. The number of hydrogen-bond donors (Lipinski definition) is 1. The van der Waals surface area contributed by atoms with Crippen LogP contribution in [0, 0.1) is 12.8 Å². The van der Waals surface area contributed by atoms with Gasteiger partial charge in [0, 0.05) is 32.7 Å². The quantitative estimate of drug-likeness (QED) is 0.626. The Kier molecular flexibility index (Phi) is 6.96. The van der Waals surface area contributed by atoms with E-state index in [0.29, 0.717) is 51.0 Å². The second kappa shape index (κ2) is 10.1. The minimum atomic E-state index is -0.0934. The molecule has 2 heterocycles. The van der Waals surface area contributed by atoms with Crippen molar-refractivity contribution in [2.75, 3.05) is 37.6 Å². The zero-order chi connectivity index (χ0) is 23.4. The van der Waals surface area contributed by atoms with Gasteiger partial charge in [-0.25, -0.2) is 9.78 Å². The summed E-state index contributed by atoms with van der Waals surface area (Å²) in [6, 6.07) is 16.0. The third-order valence-corrected chi connectivity index (χ3v) is 6.16. The van der Waals surface area contributed by atoms with Crippen LogP contribution in [-0.4, -0.2) is 53.2 Å². The van der Waals surface area contributed by atoms with Crippen molar-refractivity contribution in [3.05, 3.63) is 70.0 Å². The molecule has 0 saturated carbocycles. The highest BCUT2D eigenvalue weighted by Gasteiger charge is 2.24. The van der Waals surface area contributed by atoms with Gasteiger partial charge in [0.05, 0.1) is 17.6 Å². The van der Waals surface area contributed by atoms with Crippen LogP contribution in [-0.2, 0) is 6.54 Å². The Labute approximate surface area is 195 Å². The average molecular weight is 448 g/mol. The van der Waals surface area contributed by atoms with E-state index in [2.05, 4.69) is 50.4 Å². The molecule has 1 aliphatic rings. The van der Waals surface area contributed by atoms with Crippen LogP contribution in [0.25, 0.3) is 11.0 Å². The molecule has 7 nitrogen and oxygen atoms in total. The van der Waals surface area contributed by atoms with E-state index in [1.165, 1.54) is 5.56 Å². The second-order valence-electron chi connectivity index (χ2n) is 9.19. The molecule has 0 bridgehead atoms.